The van der Waals surface area contributed by atoms with Crippen molar-refractivity contribution in [3.05, 3.63) is 29.8 Å². The second-order valence-corrected chi connectivity index (χ2v) is 5.54. The molecule has 0 aromatic heterocycles. The van der Waals surface area contributed by atoms with Gasteiger partial charge >= 0.3 is 0 Å². The minimum atomic E-state index is -0.873. The smallest absolute Gasteiger partial charge is 0.200 e. The third-order valence-corrected chi connectivity index (χ3v) is 4.05. The van der Waals surface area contributed by atoms with Crippen LogP contribution in [0.15, 0.2) is 18.2 Å². The number of hydrogen-bond donors (Lipinski definition) is 0. The van der Waals surface area contributed by atoms with Crippen LogP contribution in [0.5, 0.6) is 5.75 Å². The van der Waals surface area contributed by atoms with E-state index in [4.69, 9.17) is 4.74 Å². The van der Waals surface area contributed by atoms with Crippen molar-refractivity contribution in [1.29, 1.82) is 0 Å². The maximum Gasteiger partial charge on any atom is 0.200 e. The normalized spacial score (nSPS) is 23.3. The minimum absolute atomic E-state index is 0.0377. The zero-order valence-electron chi connectivity index (χ0n) is 11.5. The van der Waals surface area contributed by atoms with E-state index < -0.39 is 11.6 Å². The molecule has 1 fully saturated rings. The van der Waals surface area contributed by atoms with Crippen molar-refractivity contribution in [2.24, 2.45) is 11.8 Å². The highest BCUT2D eigenvalue weighted by Gasteiger charge is 2.21. The summed E-state index contributed by atoms with van der Waals surface area (Å²) >= 11 is 0. The van der Waals surface area contributed by atoms with Gasteiger partial charge in [0.25, 0.3) is 0 Å². The Labute approximate surface area is 114 Å². The van der Waals surface area contributed by atoms with Gasteiger partial charge in [-0.2, -0.15) is 4.39 Å². The minimum Gasteiger partial charge on any atom is -0.490 e. The van der Waals surface area contributed by atoms with Gasteiger partial charge in [-0.25, -0.2) is 4.39 Å². The highest BCUT2D eigenvalue weighted by molar-refractivity contribution is 5.25. The molecule has 2 rings (SSSR count). The first-order valence-corrected chi connectivity index (χ1v) is 7.27. The first kappa shape index (κ1) is 14.3. The van der Waals surface area contributed by atoms with Crippen LogP contribution in [0, 0.1) is 23.5 Å². The molecule has 3 heteroatoms. The lowest BCUT2D eigenvalue weighted by atomic mass is 9.80. The third-order valence-electron chi connectivity index (χ3n) is 4.05. The molecule has 106 valence electrons. The van der Waals surface area contributed by atoms with Crippen LogP contribution >= 0.6 is 0 Å². The van der Waals surface area contributed by atoms with Crippen LogP contribution in [-0.4, -0.2) is 6.61 Å². The van der Waals surface area contributed by atoms with Crippen molar-refractivity contribution in [3.63, 3.8) is 0 Å². The van der Waals surface area contributed by atoms with Gasteiger partial charge in [0, 0.05) is 0 Å². The number of ether oxygens (including phenoxy) is 1. The van der Waals surface area contributed by atoms with Gasteiger partial charge in [0.15, 0.2) is 11.6 Å². The Morgan fingerprint density at radius 3 is 2.47 bits per heavy atom. The van der Waals surface area contributed by atoms with Gasteiger partial charge in [-0.15, -0.1) is 0 Å². The van der Waals surface area contributed by atoms with Crippen molar-refractivity contribution < 1.29 is 13.5 Å². The van der Waals surface area contributed by atoms with Gasteiger partial charge < -0.3 is 4.74 Å². The summed E-state index contributed by atoms with van der Waals surface area (Å²) in [5.74, 6) is -0.343. The zero-order chi connectivity index (χ0) is 13.7. The molecule has 0 radical (unpaired) electrons. The fourth-order valence-electron chi connectivity index (χ4n) is 2.90. The van der Waals surface area contributed by atoms with Crippen LogP contribution in [0.1, 0.15) is 45.4 Å². The standard InChI is InChI=1S/C16H22F2O/c1-2-4-12-7-9-13(10-8-12)11-19-15-6-3-5-14(17)16(15)18/h3,5-6,12-13H,2,4,7-11H2,1H3. The van der Waals surface area contributed by atoms with E-state index in [0.717, 1.165) is 24.8 Å². The summed E-state index contributed by atoms with van der Waals surface area (Å²) in [6, 6.07) is 4.07. The molecule has 0 unspecified atom stereocenters. The second kappa shape index (κ2) is 6.88. The maximum absolute atomic E-state index is 13.4. The fourth-order valence-corrected chi connectivity index (χ4v) is 2.90. The molecule has 0 spiro atoms. The summed E-state index contributed by atoms with van der Waals surface area (Å²) in [5, 5.41) is 0. The van der Waals surface area contributed by atoms with Crippen molar-refractivity contribution in [3.8, 4) is 5.75 Å². The van der Waals surface area contributed by atoms with Crippen LogP contribution in [0.4, 0.5) is 8.78 Å². The Morgan fingerprint density at radius 2 is 1.79 bits per heavy atom. The van der Waals surface area contributed by atoms with E-state index in [1.54, 1.807) is 0 Å². The highest BCUT2D eigenvalue weighted by Crippen LogP contribution is 2.32. The molecule has 0 atom stereocenters. The van der Waals surface area contributed by atoms with Crippen LogP contribution in [0.25, 0.3) is 0 Å². The molecule has 19 heavy (non-hydrogen) atoms. The first-order valence-electron chi connectivity index (χ1n) is 7.27. The van der Waals surface area contributed by atoms with E-state index in [2.05, 4.69) is 6.92 Å². The average molecular weight is 268 g/mol. The average Bonchev–Trinajstić information content (AvgIpc) is 2.42. The lowest BCUT2D eigenvalue weighted by Gasteiger charge is -2.28. The van der Waals surface area contributed by atoms with Gasteiger partial charge in [-0.05, 0) is 36.8 Å². The molecule has 0 amide bonds. The van der Waals surface area contributed by atoms with Crippen LogP contribution < -0.4 is 4.74 Å². The number of halogens is 2. The van der Waals surface area contributed by atoms with Gasteiger partial charge in [0.2, 0.25) is 5.82 Å². The monoisotopic (exact) mass is 268 g/mol. The Morgan fingerprint density at radius 1 is 1.11 bits per heavy atom. The molecule has 1 aliphatic carbocycles. The largest absolute Gasteiger partial charge is 0.490 e. The van der Waals surface area contributed by atoms with E-state index in [9.17, 15) is 8.78 Å². The summed E-state index contributed by atoms with van der Waals surface area (Å²) in [5.41, 5.74) is 0. The molecule has 0 aliphatic heterocycles. The lowest BCUT2D eigenvalue weighted by molar-refractivity contribution is 0.173. The molecule has 1 aliphatic rings. The molecule has 1 aromatic rings. The summed E-state index contributed by atoms with van der Waals surface area (Å²) in [4.78, 5) is 0. The van der Waals surface area contributed by atoms with Gasteiger partial charge in [-0.3, -0.25) is 0 Å². The Bertz CT molecular complexity index is 398. The molecular weight excluding hydrogens is 246 g/mol. The summed E-state index contributed by atoms with van der Waals surface area (Å²) < 4.78 is 31.9. The molecule has 0 heterocycles. The summed E-state index contributed by atoms with van der Waals surface area (Å²) in [6.07, 6.45) is 7.33. The van der Waals surface area contributed by atoms with E-state index in [0.29, 0.717) is 12.5 Å². The van der Waals surface area contributed by atoms with Crippen molar-refractivity contribution >= 4 is 0 Å². The Hall–Kier alpha value is -1.12. The first-order chi connectivity index (χ1) is 9.20. The molecular formula is C16H22F2O. The van der Waals surface area contributed by atoms with E-state index in [1.807, 2.05) is 0 Å². The molecule has 1 nitrogen and oxygen atoms in total. The van der Waals surface area contributed by atoms with E-state index in [-0.39, 0.29) is 5.75 Å². The van der Waals surface area contributed by atoms with Gasteiger partial charge in [-0.1, -0.05) is 38.7 Å². The van der Waals surface area contributed by atoms with Gasteiger partial charge in [0.1, 0.15) is 0 Å². The van der Waals surface area contributed by atoms with Crippen LogP contribution in [-0.2, 0) is 0 Å². The topological polar surface area (TPSA) is 9.23 Å². The lowest BCUT2D eigenvalue weighted by Crippen LogP contribution is -2.20. The number of benzene rings is 1. The third kappa shape index (κ3) is 3.92. The number of rotatable bonds is 5. The van der Waals surface area contributed by atoms with Crippen LogP contribution in [0.2, 0.25) is 0 Å². The Balaban J connectivity index is 1.79. The van der Waals surface area contributed by atoms with Crippen molar-refractivity contribution in [2.45, 2.75) is 45.4 Å². The zero-order valence-corrected chi connectivity index (χ0v) is 11.5. The fraction of sp³-hybridized carbons (Fsp3) is 0.625. The molecule has 0 bridgehead atoms. The predicted octanol–water partition coefficient (Wildman–Crippen LogP) is 4.95. The predicted molar refractivity (Wildman–Crippen MR) is 72.2 cm³/mol. The number of hydrogen-bond acceptors (Lipinski definition) is 1. The van der Waals surface area contributed by atoms with E-state index >= 15 is 0 Å². The SMILES string of the molecule is CCCC1CCC(COc2cccc(F)c2F)CC1. The van der Waals surface area contributed by atoms with Gasteiger partial charge in [0.05, 0.1) is 6.61 Å². The molecule has 1 saturated carbocycles. The van der Waals surface area contributed by atoms with Crippen LogP contribution in [0.3, 0.4) is 0 Å². The molecule has 1 aromatic carbocycles. The summed E-state index contributed by atoms with van der Waals surface area (Å²) in [6.45, 7) is 2.72. The molecule has 0 saturated heterocycles. The van der Waals surface area contributed by atoms with Crippen molar-refractivity contribution in [1.82, 2.24) is 0 Å². The van der Waals surface area contributed by atoms with Crippen molar-refractivity contribution in [2.75, 3.05) is 6.61 Å². The molecule has 0 N–H and O–H groups in total. The summed E-state index contributed by atoms with van der Waals surface area (Å²) in [7, 11) is 0. The van der Waals surface area contributed by atoms with E-state index in [1.165, 1.54) is 37.8 Å². The Kier molecular flexibility index (Phi) is 5.17. The second-order valence-electron chi connectivity index (χ2n) is 5.54. The quantitative estimate of drug-likeness (QED) is 0.734. The highest BCUT2D eigenvalue weighted by atomic mass is 19.2. The maximum atomic E-state index is 13.4.